The van der Waals surface area contributed by atoms with Crippen molar-refractivity contribution >= 4 is 11.6 Å². The second-order valence-corrected chi connectivity index (χ2v) is 6.21. The van der Waals surface area contributed by atoms with Crippen LogP contribution in [0.1, 0.15) is 18.0 Å². The molecule has 0 saturated carbocycles. The Balaban J connectivity index is 2.06. The van der Waals surface area contributed by atoms with E-state index in [2.05, 4.69) is 16.8 Å². The van der Waals surface area contributed by atoms with Crippen molar-refractivity contribution in [1.29, 1.82) is 0 Å². The average molecular weight is 300 g/mol. The van der Waals surface area contributed by atoms with Crippen molar-refractivity contribution in [2.45, 2.75) is 12.5 Å². The molecule has 0 radical (unpaired) electrons. The number of likely N-dealkylation sites (tertiary alicyclic amines) is 1. The molecule has 20 heavy (non-hydrogen) atoms. The van der Waals surface area contributed by atoms with Crippen LogP contribution in [0, 0.1) is 11.7 Å². The summed E-state index contributed by atoms with van der Waals surface area (Å²) >= 11 is 5.81. The fourth-order valence-electron chi connectivity index (χ4n) is 3.03. The van der Waals surface area contributed by atoms with Gasteiger partial charge in [-0.15, -0.1) is 0 Å². The molecule has 2 atom stereocenters. The highest BCUT2D eigenvalue weighted by Gasteiger charge is 2.25. The van der Waals surface area contributed by atoms with Crippen LogP contribution in [0.15, 0.2) is 18.2 Å². The first kappa shape index (κ1) is 15.7. The van der Waals surface area contributed by atoms with E-state index in [1.807, 2.05) is 7.05 Å². The van der Waals surface area contributed by atoms with E-state index in [9.17, 15) is 4.39 Å². The third-order valence-electron chi connectivity index (χ3n) is 4.11. The van der Waals surface area contributed by atoms with Gasteiger partial charge in [-0.2, -0.15) is 0 Å². The minimum Gasteiger partial charge on any atom is -0.329 e. The molecule has 2 unspecified atom stereocenters. The Bertz CT molecular complexity index is 455. The number of rotatable bonds is 5. The molecule has 1 saturated heterocycles. The number of nitrogens with two attached hydrogens (primary N) is 1. The van der Waals surface area contributed by atoms with Gasteiger partial charge in [0.25, 0.3) is 0 Å². The molecule has 0 bridgehead atoms. The molecule has 112 valence electrons. The van der Waals surface area contributed by atoms with E-state index < -0.39 is 0 Å². The Morgan fingerprint density at radius 3 is 2.85 bits per heavy atom. The van der Waals surface area contributed by atoms with Crippen LogP contribution in [0.2, 0.25) is 5.02 Å². The van der Waals surface area contributed by atoms with Crippen LogP contribution < -0.4 is 5.73 Å². The molecule has 5 heteroatoms. The quantitative estimate of drug-likeness (QED) is 0.906. The van der Waals surface area contributed by atoms with Crippen molar-refractivity contribution < 1.29 is 4.39 Å². The molecule has 1 aromatic carbocycles. The van der Waals surface area contributed by atoms with E-state index in [1.54, 1.807) is 12.1 Å². The Morgan fingerprint density at radius 2 is 2.30 bits per heavy atom. The topological polar surface area (TPSA) is 32.5 Å². The van der Waals surface area contributed by atoms with Crippen molar-refractivity contribution in [3.63, 3.8) is 0 Å². The van der Waals surface area contributed by atoms with Crippen molar-refractivity contribution in [3.05, 3.63) is 34.6 Å². The maximum atomic E-state index is 14.0. The van der Waals surface area contributed by atoms with Crippen molar-refractivity contribution in [1.82, 2.24) is 9.80 Å². The summed E-state index contributed by atoms with van der Waals surface area (Å²) in [5, 5.41) is 0.419. The molecule has 0 amide bonds. The summed E-state index contributed by atoms with van der Waals surface area (Å²) in [6.07, 6.45) is 1.20. The molecule has 2 N–H and O–H groups in total. The van der Waals surface area contributed by atoms with Crippen molar-refractivity contribution in [2.24, 2.45) is 11.7 Å². The van der Waals surface area contributed by atoms with Gasteiger partial charge in [-0.3, -0.25) is 4.90 Å². The molecule has 1 heterocycles. The largest absolute Gasteiger partial charge is 0.329 e. The second kappa shape index (κ2) is 6.85. The van der Waals surface area contributed by atoms with Crippen LogP contribution in [0.3, 0.4) is 0 Å². The molecule has 2 rings (SSSR count). The first-order valence-corrected chi connectivity index (χ1v) is 7.43. The van der Waals surface area contributed by atoms with Crippen LogP contribution in [0.5, 0.6) is 0 Å². The minimum absolute atomic E-state index is 0.0989. The molecule has 0 aromatic heterocycles. The first-order valence-electron chi connectivity index (χ1n) is 7.05. The minimum atomic E-state index is -0.275. The number of hydrogen-bond donors (Lipinski definition) is 1. The fourth-order valence-corrected chi connectivity index (χ4v) is 3.18. The lowest BCUT2D eigenvalue weighted by atomic mass is 10.0. The van der Waals surface area contributed by atoms with Gasteiger partial charge in [-0.25, -0.2) is 4.39 Å². The van der Waals surface area contributed by atoms with Gasteiger partial charge in [-0.05, 0) is 45.1 Å². The zero-order valence-corrected chi connectivity index (χ0v) is 12.9. The predicted molar refractivity (Wildman–Crippen MR) is 81.4 cm³/mol. The second-order valence-electron chi connectivity index (χ2n) is 5.77. The Morgan fingerprint density at radius 1 is 1.55 bits per heavy atom. The van der Waals surface area contributed by atoms with E-state index in [0.717, 1.165) is 19.6 Å². The zero-order chi connectivity index (χ0) is 14.7. The van der Waals surface area contributed by atoms with Gasteiger partial charge in [0, 0.05) is 36.3 Å². The number of halogens is 2. The fraction of sp³-hybridized carbons (Fsp3) is 0.600. The number of benzene rings is 1. The summed E-state index contributed by atoms with van der Waals surface area (Å²) < 4.78 is 14.0. The van der Waals surface area contributed by atoms with Crippen LogP contribution in [0.25, 0.3) is 0 Å². The SMILES string of the molecule is CN1CCC(CN(C)C(CN)c2ccc(Cl)cc2F)C1. The smallest absolute Gasteiger partial charge is 0.129 e. The van der Waals surface area contributed by atoms with E-state index in [0.29, 0.717) is 23.0 Å². The predicted octanol–water partition coefficient (Wildman–Crippen LogP) is 2.36. The molecule has 1 fully saturated rings. The first-order chi connectivity index (χ1) is 9.51. The van der Waals surface area contributed by atoms with Crippen LogP contribution in [-0.2, 0) is 0 Å². The summed E-state index contributed by atoms with van der Waals surface area (Å²) in [7, 11) is 4.16. The van der Waals surface area contributed by atoms with E-state index >= 15 is 0 Å². The van der Waals surface area contributed by atoms with Gasteiger partial charge in [0.1, 0.15) is 5.82 Å². The number of hydrogen-bond acceptors (Lipinski definition) is 3. The lowest BCUT2D eigenvalue weighted by Crippen LogP contribution is -2.35. The third-order valence-corrected chi connectivity index (χ3v) is 4.35. The van der Waals surface area contributed by atoms with Gasteiger partial charge >= 0.3 is 0 Å². The Kier molecular flexibility index (Phi) is 5.38. The molecule has 1 aliphatic heterocycles. The molecule has 1 aliphatic rings. The monoisotopic (exact) mass is 299 g/mol. The molecular formula is C15H23ClFN3. The van der Waals surface area contributed by atoms with Gasteiger partial charge in [0.2, 0.25) is 0 Å². The summed E-state index contributed by atoms with van der Waals surface area (Å²) in [4.78, 5) is 4.50. The van der Waals surface area contributed by atoms with E-state index in [1.165, 1.54) is 12.5 Å². The van der Waals surface area contributed by atoms with Crippen LogP contribution >= 0.6 is 11.6 Å². The normalized spacial score (nSPS) is 21.6. The highest BCUT2D eigenvalue weighted by Crippen LogP contribution is 2.26. The summed E-state index contributed by atoms with van der Waals surface area (Å²) in [6.45, 7) is 3.58. The highest BCUT2D eigenvalue weighted by atomic mass is 35.5. The zero-order valence-electron chi connectivity index (χ0n) is 12.1. The van der Waals surface area contributed by atoms with E-state index in [-0.39, 0.29) is 11.9 Å². The number of nitrogens with zero attached hydrogens (tertiary/aromatic N) is 2. The van der Waals surface area contributed by atoms with Gasteiger partial charge in [0.05, 0.1) is 0 Å². The lowest BCUT2D eigenvalue weighted by Gasteiger charge is -2.30. The summed E-state index contributed by atoms with van der Waals surface area (Å²) in [5.74, 6) is 0.359. The average Bonchev–Trinajstić information content (AvgIpc) is 2.78. The van der Waals surface area contributed by atoms with Crippen molar-refractivity contribution in [2.75, 3.05) is 40.3 Å². The molecule has 1 aromatic rings. The third kappa shape index (κ3) is 3.70. The maximum Gasteiger partial charge on any atom is 0.129 e. The number of likely N-dealkylation sites (N-methyl/N-ethyl adjacent to an activating group) is 1. The van der Waals surface area contributed by atoms with Gasteiger partial charge in [0.15, 0.2) is 0 Å². The molecule has 0 spiro atoms. The van der Waals surface area contributed by atoms with Crippen molar-refractivity contribution in [3.8, 4) is 0 Å². The van der Waals surface area contributed by atoms with E-state index in [4.69, 9.17) is 17.3 Å². The molecular weight excluding hydrogens is 277 g/mol. The lowest BCUT2D eigenvalue weighted by molar-refractivity contribution is 0.208. The Hall–Kier alpha value is -0.680. The highest BCUT2D eigenvalue weighted by molar-refractivity contribution is 6.30. The maximum absolute atomic E-state index is 14.0. The summed E-state index contributed by atoms with van der Waals surface area (Å²) in [5.41, 5.74) is 6.49. The van der Waals surface area contributed by atoms with Crippen LogP contribution in [-0.4, -0.2) is 50.1 Å². The Labute approximate surface area is 125 Å². The summed E-state index contributed by atoms with van der Waals surface area (Å²) in [6, 6.07) is 4.72. The standard InChI is InChI=1S/C15H23ClFN3/c1-19-6-5-11(9-19)10-20(2)15(8-18)13-4-3-12(16)7-14(13)17/h3-4,7,11,15H,5-6,8-10,18H2,1-2H3. The van der Waals surface area contributed by atoms with Crippen LogP contribution in [0.4, 0.5) is 4.39 Å². The van der Waals surface area contributed by atoms with Gasteiger partial charge in [-0.1, -0.05) is 17.7 Å². The molecule has 0 aliphatic carbocycles. The molecule has 3 nitrogen and oxygen atoms in total. The van der Waals surface area contributed by atoms with Gasteiger partial charge < -0.3 is 10.6 Å².